The Morgan fingerprint density at radius 1 is 1.00 bits per heavy atom. The van der Waals surface area contributed by atoms with Crippen molar-refractivity contribution in [2.45, 2.75) is 31.3 Å². The van der Waals surface area contributed by atoms with E-state index in [1.165, 1.54) is 0 Å². The third-order valence-electron chi connectivity index (χ3n) is 5.41. The summed E-state index contributed by atoms with van der Waals surface area (Å²) >= 11 is 0. The maximum atomic E-state index is 12.7. The number of benzene rings is 1. The number of hydrogen-bond acceptors (Lipinski definition) is 5. The Hall–Kier alpha value is -2.83. The molecule has 1 saturated heterocycles. The third kappa shape index (κ3) is 2.64. The highest BCUT2D eigenvalue weighted by Gasteiger charge is 2.48. The van der Waals surface area contributed by atoms with Crippen LogP contribution in [0.1, 0.15) is 30.7 Å². The second-order valence-corrected chi connectivity index (χ2v) is 7.24. The molecule has 3 amide bonds. The van der Waals surface area contributed by atoms with Gasteiger partial charge >= 0.3 is 6.03 Å². The highest BCUT2D eigenvalue weighted by molar-refractivity contribution is 6.03. The number of anilines is 1. The van der Waals surface area contributed by atoms with Crippen LogP contribution in [0.4, 0.5) is 10.5 Å². The molecule has 0 bridgehead atoms. The molecule has 1 fully saturated rings. The number of carbonyl (C=O) groups excluding carboxylic acids is 3. The molecule has 0 aromatic heterocycles. The van der Waals surface area contributed by atoms with E-state index in [1.807, 2.05) is 43.3 Å². The minimum absolute atomic E-state index is 0.0867. The maximum Gasteiger partial charge on any atom is 0.323 e. The largest absolute Gasteiger partial charge is 0.378 e. The van der Waals surface area contributed by atoms with Gasteiger partial charge in [0.25, 0.3) is 0 Å². The summed E-state index contributed by atoms with van der Waals surface area (Å²) in [6.07, 6.45) is 1.54. The Labute approximate surface area is 151 Å². The number of urea groups is 1. The molecule has 3 aliphatic rings. The van der Waals surface area contributed by atoms with Gasteiger partial charge in [-0.15, -0.1) is 0 Å². The normalized spacial score (nSPS) is 27.8. The van der Waals surface area contributed by atoms with Crippen molar-refractivity contribution in [1.82, 2.24) is 16.0 Å². The van der Waals surface area contributed by atoms with Crippen LogP contribution in [0.5, 0.6) is 0 Å². The molecular weight excluding hydrogens is 332 g/mol. The number of ketones is 1. The molecule has 4 rings (SSSR count). The van der Waals surface area contributed by atoms with Crippen molar-refractivity contribution < 1.29 is 14.4 Å². The molecular formula is C19H22N4O3. The summed E-state index contributed by atoms with van der Waals surface area (Å²) in [6, 6.07) is 7.41. The van der Waals surface area contributed by atoms with E-state index in [0.29, 0.717) is 12.0 Å². The van der Waals surface area contributed by atoms with Gasteiger partial charge in [0.15, 0.2) is 5.78 Å². The minimum Gasteiger partial charge on any atom is -0.378 e. The molecule has 0 saturated carbocycles. The minimum atomic E-state index is -0.557. The molecule has 3 N–H and O–H groups in total. The van der Waals surface area contributed by atoms with Gasteiger partial charge in [-0.1, -0.05) is 12.1 Å². The lowest BCUT2D eigenvalue weighted by atomic mass is 9.70. The van der Waals surface area contributed by atoms with E-state index < -0.39 is 18.1 Å². The second kappa shape index (κ2) is 6.16. The lowest BCUT2D eigenvalue weighted by Crippen LogP contribution is -2.66. The van der Waals surface area contributed by atoms with Gasteiger partial charge in [0.2, 0.25) is 5.91 Å². The van der Waals surface area contributed by atoms with Crippen LogP contribution in [-0.2, 0) is 9.59 Å². The molecule has 1 aromatic rings. The first-order valence-electron chi connectivity index (χ1n) is 8.87. The number of rotatable bonds is 2. The zero-order chi connectivity index (χ0) is 18.4. The SMILES string of the molecule is CN(C)c1ccc(C2C3=C(CCCC3=O)NC3NC(=O)NC(=O)C32)cc1. The van der Waals surface area contributed by atoms with Crippen LogP contribution in [-0.4, -0.2) is 38.0 Å². The zero-order valence-electron chi connectivity index (χ0n) is 14.8. The quantitative estimate of drug-likeness (QED) is 0.743. The Morgan fingerprint density at radius 3 is 2.42 bits per heavy atom. The first-order chi connectivity index (χ1) is 12.5. The van der Waals surface area contributed by atoms with Gasteiger partial charge in [0, 0.05) is 43.4 Å². The van der Waals surface area contributed by atoms with Crippen molar-refractivity contribution in [3.63, 3.8) is 0 Å². The zero-order valence-corrected chi connectivity index (χ0v) is 14.8. The fourth-order valence-corrected chi connectivity index (χ4v) is 4.18. The van der Waals surface area contributed by atoms with Crippen molar-refractivity contribution in [2.24, 2.45) is 5.92 Å². The maximum absolute atomic E-state index is 12.7. The van der Waals surface area contributed by atoms with Crippen LogP contribution in [0.15, 0.2) is 35.5 Å². The van der Waals surface area contributed by atoms with E-state index in [-0.39, 0.29) is 17.6 Å². The molecule has 0 radical (unpaired) electrons. The van der Waals surface area contributed by atoms with Gasteiger partial charge in [0.1, 0.15) is 6.17 Å². The van der Waals surface area contributed by atoms with Crippen LogP contribution in [0.25, 0.3) is 0 Å². The first kappa shape index (κ1) is 16.6. The van der Waals surface area contributed by atoms with Gasteiger partial charge in [0.05, 0.1) is 5.92 Å². The van der Waals surface area contributed by atoms with Crippen molar-refractivity contribution in [2.75, 3.05) is 19.0 Å². The number of allylic oxidation sites excluding steroid dienone is 2. The number of Topliss-reactive ketones (excluding diaryl/α,β-unsaturated/α-hetero) is 1. The molecule has 7 nitrogen and oxygen atoms in total. The number of imide groups is 1. The molecule has 7 heteroatoms. The molecule has 1 aromatic carbocycles. The van der Waals surface area contributed by atoms with Gasteiger partial charge in [-0.3, -0.25) is 14.9 Å². The van der Waals surface area contributed by atoms with E-state index in [9.17, 15) is 14.4 Å². The van der Waals surface area contributed by atoms with Crippen molar-refractivity contribution >= 4 is 23.4 Å². The number of hydrogen-bond donors (Lipinski definition) is 3. The Kier molecular flexibility index (Phi) is 3.94. The summed E-state index contributed by atoms with van der Waals surface area (Å²) in [5.74, 6) is -1.18. The Bertz CT molecular complexity index is 813. The van der Waals surface area contributed by atoms with Crippen LogP contribution < -0.4 is 20.9 Å². The molecule has 3 unspecified atom stereocenters. The summed E-state index contributed by atoms with van der Waals surface area (Å²) in [6.45, 7) is 0. The predicted octanol–water partition coefficient (Wildman–Crippen LogP) is 1.23. The van der Waals surface area contributed by atoms with Gasteiger partial charge in [-0.25, -0.2) is 4.79 Å². The van der Waals surface area contributed by atoms with Crippen LogP contribution in [0, 0.1) is 5.92 Å². The molecule has 3 atom stereocenters. The molecule has 2 heterocycles. The fraction of sp³-hybridized carbons (Fsp3) is 0.421. The standard InChI is InChI=1S/C19H22N4O3/c1-23(2)11-8-6-10(7-9-11)14-15-12(4-3-5-13(15)24)20-17-16(14)18(25)22-19(26)21-17/h6-9,14,16-17,20H,3-5H2,1-2H3,(H2,21,22,25,26). The monoisotopic (exact) mass is 354 g/mol. The highest BCUT2D eigenvalue weighted by Crippen LogP contribution is 2.43. The van der Waals surface area contributed by atoms with Crippen LogP contribution in [0.2, 0.25) is 0 Å². The summed E-state index contributed by atoms with van der Waals surface area (Å²) in [5.41, 5.74) is 3.52. The summed E-state index contributed by atoms with van der Waals surface area (Å²) in [4.78, 5) is 39.1. The number of nitrogens with zero attached hydrogens (tertiary/aromatic N) is 1. The summed E-state index contributed by atoms with van der Waals surface area (Å²) in [7, 11) is 3.93. The lowest BCUT2D eigenvalue weighted by Gasteiger charge is -2.44. The number of nitrogens with one attached hydrogen (secondary N) is 3. The topological polar surface area (TPSA) is 90.5 Å². The van der Waals surface area contributed by atoms with E-state index >= 15 is 0 Å². The second-order valence-electron chi connectivity index (χ2n) is 7.24. The molecule has 26 heavy (non-hydrogen) atoms. The van der Waals surface area contributed by atoms with E-state index in [1.54, 1.807) is 0 Å². The summed E-state index contributed by atoms with van der Waals surface area (Å²) < 4.78 is 0. The fourth-order valence-electron chi connectivity index (χ4n) is 4.18. The molecule has 0 spiro atoms. The lowest BCUT2D eigenvalue weighted by molar-refractivity contribution is -0.127. The first-order valence-corrected chi connectivity index (χ1v) is 8.87. The van der Waals surface area contributed by atoms with Crippen molar-refractivity contribution in [1.29, 1.82) is 0 Å². The number of fused-ring (bicyclic) bond motifs is 1. The number of amides is 3. The molecule has 2 aliphatic heterocycles. The van der Waals surface area contributed by atoms with Crippen molar-refractivity contribution in [3.05, 3.63) is 41.1 Å². The number of carbonyl (C=O) groups is 3. The van der Waals surface area contributed by atoms with Gasteiger partial charge in [-0.2, -0.15) is 0 Å². The predicted molar refractivity (Wildman–Crippen MR) is 96.5 cm³/mol. The third-order valence-corrected chi connectivity index (χ3v) is 5.41. The van der Waals surface area contributed by atoms with E-state index in [2.05, 4.69) is 16.0 Å². The summed E-state index contributed by atoms with van der Waals surface area (Å²) in [5, 5.41) is 8.37. The van der Waals surface area contributed by atoms with Gasteiger partial charge < -0.3 is 15.5 Å². The Morgan fingerprint density at radius 2 is 1.73 bits per heavy atom. The van der Waals surface area contributed by atoms with E-state index in [4.69, 9.17) is 0 Å². The smallest absolute Gasteiger partial charge is 0.323 e. The Balaban J connectivity index is 1.82. The average molecular weight is 354 g/mol. The molecule has 136 valence electrons. The molecule has 1 aliphatic carbocycles. The van der Waals surface area contributed by atoms with Gasteiger partial charge in [-0.05, 0) is 30.5 Å². The van der Waals surface area contributed by atoms with E-state index in [0.717, 1.165) is 29.8 Å². The van der Waals surface area contributed by atoms with Crippen molar-refractivity contribution in [3.8, 4) is 0 Å². The van der Waals surface area contributed by atoms with Crippen LogP contribution in [0.3, 0.4) is 0 Å². The highest BCUT2D eigenvalue weighted by atomic mass is 16.2. The van der Waals surface area contributed by atoms with Crippen LogP contribution >= 0.6 is 0 Å². The average Bonchev–Trinajstić information content (AvgIpc) is 2.60.